The van der Waals surface area contributed by atoms with Gasteiger partial charge in [-0.1, -0.05) is 30.7 Å². The summed E-state index contributed by atoms with van der Waals surface area (Å²) in [6, 6.07) is 12.3. The quantitative estimate of drug-likeness (QED) is 0.399. The van der Waals surface area contributed by atoms with Crippen LogP contribution in [0.1, 0.15) is 23.6 Å². The molecule has 7 nitrogen and oxygen atoms in total. The van der Waals surface area contributed by atoms with Crippen LogP contribution in [0.15, 0.2) is 71.3 Å². The lowest BCUT2D eigenvalue weighted by Gasteiger charge is -2.13. The third-order valence-corrected chi connectivity index (χ3v) is 7.07. The van der Waals surface area contributed by atoms with Gasteiger partial charge in [-0.3, -0.25) is 9.71 Å². The average Bonchev–Trinajstić information content (AvgIpc) is 3.28. The highest BCUT2D eigenvalue weighted by Gasteiger charge is 2.20. The highest BCUT2D eigenvalue weighted by Crippen LogP contribution is 2.31. The van der Waals surface area contributed by atoms with E-state index in [-0.39, 0.29) is 23.2 Å². The Balaban J connectivity index is 1.67. The predicted octanol–water partition coefficient (Wildman–Crippen LogP) is 4.85. The van der Waals surface area contributed by atoms with Gasteiger partial charge in [-0.15, -0.1) is 11.3 Å². The van der Waals surface area contributed by atoms with Crippen LogP contribution in [0.25, 0.3) is 10.6 Å². The molecule has 0 radical (unpaired) electrons. The number of sulfonamides is 1. The van der Waals surface area contributed by atoms with Gasteiger partial charge >= 0.3 is 0 Å². The number of nitrogens with zero attached hydrogens (tertiary/aromatic N) is 3. The molecule has 32 heavy (non-hydrogen) atoms. The molecule has 1 aromatic carbocycles. The number of hydrogen-bond acceptors (Lipinski definition) is 7. The lowest BCUT2D eigenvalue weighted by atomic mass is 10.2. The van der Waals surface area contributed by atoms with Crippen molar-refractivity contribution in [3.8, 4) is 16.5 Å². The topological polar surface area (TPSA) is 94.1 Å². The maximum atomic E-state index is 12.9. The summed E-state index contributed by atoms with van der Waals surface area (Å²) in [6.07, 6.45) is 5.82. The van der Waals surface area contributed by atoms with Gasteiger partial charge in [0.25, 0.3) is 15.9 Å². The molecule has 164 valence electrons. The second kappa shape index (κ2) is 9.46. The van der Waals surface area contributed by atoms with Gasteiger partial charge in [-0.2, -0.15) is 0 Å². The Morgan fingerprint density at radius 1 is 1.09 bits per heavy atom. The Bertz CT molecular complexity index is 1300. The van der Waals surface area contributed by atoms with Crippen molar-refractivity contribution in [2.24, 2.45) is 0 Å². The zero-order valence-corrected chi connectivity index (χ0v) is 19.3. The molecule has 3 aromatic heterocycles. The summed E-state index contributed by atoms with van der Waals surface area (Å²) in [5, 5.41) is 2.07. The van der Waals surface area contributed by atoms with Crippen LogP contribution in [0.3, 0.4) is 0 Å². The summed E-state index contributed by atoms with van der Waals surface area (Å²) in [5.74, 6) is 0.138. The highest BCUT2D eigenvalue weighted by molar-refractivity contribution is 7.92. The normalized spacial score (nSPS) is 11.3. The molecule has 0 bridgehead atoms. The molecule has 0 saturated heterocycles. The molecule has 9 heteroatoms. The molecular weight excluding hydrogens is 444 g/mol. The van der Waals surface area contributed by atoms with Gasteiger partial charge in [-0.05, 0) is 48.6 Å². The first-order chi connectivity index (χ1) is 15.4. The Kier molecular flexibility index (Phi) is 6.48. The van der Waals surface area contributed by atoms with Crippen molar-refractivity contribution < 1.29 is 13.2 Å². The number of pyridine rings is 1. The number of anilines is 1. The van der Waals surface area contributed by atoms with Gasteiger partial charge in [-0.25, -0.2) is 18.4 Å². The predicted molar refractivity (Wildman–Crippen MR) is 125 cm³/mol. The minimum absolute atomic E-state index is 0.0329. The molecule has 0 atom stereocenters. The number of thiophene rings is 1. The molecule has 0 fully saturated rings. The first kappa shape index (κ1) is 21.9. The minimum atomic E-state index is -3.86. The van der Waals surface area contributed by atoms with Gasteiger partial charge in [0.15, 0.2) is 0 Å². The van der Waals surface area contributed by atoms with Crippen molar-refractivity contribution in [2.45, 2.75) is 31.8 Å². The Morgan fingerprint density at radius 2 is 1.91 bits per heavy atom. The minimum Gasteiger partial charge on any atom is -0.470 e. The molecular formula is C23H22N4O3S2. The van der Waals surface area contributed by atoms with E-state index in [0.29, 0.717) is 5.69 Å². The van der Waals surface area contributed by atoms with E-state index in [1.165, 1.54) is 5.56 Å². The second-order valence-electron chi connectivity index (χ2n) is 7.15. The number of aromatic nitrogens is 3. The maximum absolute atomic E-state index is 12.9. The zero-order chi connectivity index (χ0) is 22.6. The highest BCUT2D eigenvalue weighted by atomic mass is 32.2. The lowest BCUT2D eigenvalue weighted by Crippen LogP contribution is -2.15. The number of benzene rings is 1. The molecule has 4 aromatic rings. The number of ether oxygens (including phenoxy) is 1. The van der Waals surface area contributed by atoms with Crippen LogP contribution < -0.4 is 9.46 Å². The number of rotatable bonds is 8. The third-order valence-electron chi connectivity index (χ3n) is 4.72. The van der Waals surface area contributed by atoms with Crippen LogP contribution in [-0.4, -0.2) is 23.4 Å². The van der Waals surface area contributed by atoms with E-state index < -0.39 is 10.0 Å². The Labute approximate surface area is 191 Å². The summed E-state index contributed by atoms with van der Waals surface area (Å²) in [5.41, 5.74) is 3.62. The summed E-state index contributed by atoms with van der Waals surface area (Å²) in [4.78, 5) is 14.1. The van der Waals surface area contributed by atoms with Gasteiger partial charge in [0.2, 0.25) is 5.82 Å². The summed E-state index contributed by atoms with van der Waals surface area (Å²) >= 11 is 1.56. The molecule has 0 spiro atoms. The van der Waals surface area contributed by atoms with Crippen LogP contribution in [0.4, 0.5) is 5.82 Å². The van der Waals surface area contributed by atoms with E-state index >= 15 is 0 Å². The van der Waals surface area contributed by atoms with Crippen LogP contribution in [0, 0.1) is 6.92 Å². The van der Waals surface area contributed by atoms with E-state index in [1.807, 2.05) is 13.0 Å². The van der Waals surface area contributed by atoms with Crippen LogP contribution in [0.5, 0.6) is 5.88 Å². The van der Waals surface area contributed by atoms with E-state index in [4.69, 9.17) is 4.74 Å². The van der Waals surface area contributed by atoms with Gasteiger partial charge in [0, 0.05) is 18.0 Å². The van der Waals surface area contributed by atoms with E-state index in [9.17, 15) is 8.42 Å². The van der Waals surface area contributed by atoms with Gasteiger partial charge < -0.3 is 4.74 Å². The van der Waals surface area contributed by atoms with Crippen LogP contribution in [0.2, 0.25) is 0 Å². The van der Waals surface area contributed by atoms with Crippen LogP contribution >= 0.6 is 11.3 Å². The molecule has 1 N–H and O–H groups in total. The van der Waals surface area contributed by atoms with E-state index in [2.05, 4.69) is 38.0 Å². The smallest absolute Gasteiger partial charge is 0.263 e. The van der Waals surface area contributed by atoms with Crippen molar-refractivity contribution in [1.82, 2.24) is 15.0 Å². The zero-order valence-electron chi connectivity index (χ0n) is 17.6. The first-order valence-electron chi connectivity index (χ1n) is 10.0. The molecule has 4 rings (SSSR count). The fraction of sp³-hybridized carbons (Fsp3) is 0.174. The maximum Gasteiger partial charge on any atom is 0.263 e. The van der Waals surface area contributed by atoms with E-state index in [0.717, 1.165) is 22.4 Å². The van der Waals surface area contributed by atoms with Crippen molar-refractivity contribution in [1.29, 1.82) is 0 Å². The average molecular weight is 467 g/mol. The molecule has 3 heterocycles. The van der Waals surface area contributed by atoms with Crippen molar-refractivity contribution in [3.63, 3.8) is 0 Å². The third kappa shape index (κ3) is 5.12. The molecule has 0 unspecified atom stereocenters. The largest absolute Gasteiger partial charge is 0.470 e. The summed E-state index contributed by atoms with van der Waals surface area (Å²) < 4.78 is 34.2. The van der Waals surface area contributed by atoms with Crippen LogP contribution in [-0.2, 0) is 23.1 Å². The Hall–Kier alpha value is -3.30. The fourth-order valence-corrected chi connectivity index (χ4v) is 4.85. The van der Waals surface area contributed by atoms with Crippen molar-refractivity contribution >= 4 is 27.2 Å². The summed E-state index contributed by atoms with van der Waals surface area (Å²) in [7, 11) is -3.86. The monoisotopic (exact) mass is 466 g/mol. The SMILES string of the molecule is CCc1csc(-c2cnc(NS(=O)(=O)c3ccc(C)cc3)c(OCc3cccnc3)n2)c1. The molecule has 0 aliphatic rings. The second-order valence-corrected chi connectivity index (χ2v) is 9.74. The Morgan fingerprint density at radius 3 is 2.59 bits per heavy atom. The van der Waals surface area contributed by atoms with Crippen molar-refractivity contribution in [2.75, 3.05) is 4.72 Å². The number of aryl methyl sites for hydroxylation is 2. The number of nitrogens with one attached hydrogen (secondary N) is 1. The van der Waals surface area contributed by atoms with Gasteiger partial charge in [0.1, 0.15) is 12.3 Å². The standard InChI is InChI=1S/C23H22N4O3S2/c1-3-17-11-21(31-15-17)20-13-25-22(23(26-20)30-14-18-5-4-10-24-12-18)27-32(28,29)19-8-6-16(2)7-9-19/h4-13,15H,3,14H2,1-2H3,(H,25,27). The van der Waals surface area contributed by atoms with E-state index in [1.54, 1.807) is 60.3 Å². The lowest BCUT2D eigenvalue weighted by molar-refractivity contribution is 0.294. The van der Waals surface area contributed by atoms with Crippen molar-refractivity contribution in [3.05, 3.63) is 83.1 Å². The first-order valence-corrected chi connectivity index (χ1v) is 12.4. The molecule has 0 amide bonds. The summed E-state index contributed by atoms with van der Waals surface area (Å²) in [6.45, 7) is 4.16. The fourth-order valence-electron chi connectivity index (χ4n) is 2.90. The molecule has 0 saturated carbocycles. The number of hydrogen-bond donors (Lipinski definition) is 1. The molecule has 0 aliphatic carbocycles. The van der Waals surface area contributed by atoms with Gasteiger partial charge in [0.05, 0.1) is 16.0 Å². The molecule has 0 aliphatic heterocycles.